The first-order valence-corrected chi connectivity index (χ1v) is 28.4. The Balaban J connectivity index is 0.884. The van der Waals surface area contributed by atoms with Gasteiger partial charge in [0, 0.05) is 27.9 Å². The van der Waals surface area contributed by atoms with Crippen LogP contribution in [0.4, 0.5) is 17.1 Å². The van der Waals surface area contributed by atoms with Crippen molar-refractivity contribution in [3.63, 3.8) is 0 Å². The molecule has 1 heteroatoms. The van der Waals surface area contributed by atoms with Gasteiger partial charge < -0.3 is 4.90 Å². The van der Waals surface area contributed by atoms with Crippen LogP contribution in [0.15, 0.2) is 218 Å². The molecule has 0 bridgehead atoms. The highest BCUT2D eigenvalue weighted by Crippen LogP contribution is 2.64. The minimum atomic E-state index is -0.480. The highest BCUT2D eigenvalue weighted by molar-refractivity contribution is 5.97. The summed E-state index contributed by atoms with van der Waals surface area (Å²) < 4.78 is 0. The molecule has 10 aromatic rings. The van der Waals surface area contributed by atoms with Gasteiger partial charge in [0.1, 0.15) is 0 Å². The van der Waals surface area contributed by atoms with Crippen LogP contribution in [-0.4, -0.2) is 0 Å². The first kappa shape index (κ1) is 48.4. The lowest BCUT2D eigenvalue weighted by atomic mass is 9.69. The quantitative estimate of drug-likeness (QED) is 0.154. The van der Waals surface area contributed by atoms with Crippen molar-refractivity contribution in [1.29, 1.82) is 0 Å². The van der Waals surface area contributed by atoms with E-state index in [1.54, 1.807) is 0 Å². The molecule has 0 aromatic heterocycles. The van der Waals surface area contributed by atoms with Gasteiger partial charge in [0.25, 0.3) is 0 Å². The monoisotopic (exact) mass is 1010 g/mol. The van der Waals surface area contributed by atoms with Crippen LogP contribution in [0.3, 0.4) is 0 Å². The van der Waals surface area contributed by atoms with Crippen molar-refractivity contribution >= 4 is 17.1 Å². The molecule has 4 aliphatic carbocycles. The Morgan fingerprint density at radius 1 is 0.321 bits per heavy atom. The third kappa shape index (κ3) is 7.12. The zero-order valence-electron chi connectivity index (χ0n) is 47.0. The van der Waals surface area contributed by atoms with Crippen molar-refractivity contribution in [1.82, 2.24) is 0 Å². The number of nitrogens with zero attached hydrogens (tertiary/aromatic N) is 1. The maximum atomic E-state index is 2.53. The average Bonchev–Trinajstić information content (AvgIpc) is 4.26. The summed E-state index contributed by atoms with van der Waals surface area (Å²) in [5.74, 6) is 0.465. The van der Waals surface area contributed by atoms with Gasteiger partial charge in [0.15, 0.2) is 0 Å². The molecule has 2 atom stereocenters. The van der Waals surface area contributed by atoms with Crippen molar-refractivity contribution in [2.24, 2.45) is 10.8 Å². The number of rotatable bonds is 7. The van der Waals surface area contributed by atoms with E-state index in [1.165, 1.54) is 117 Å². The molecule has 78 heavy (non-hydrogen) atoms. The van der Waals surface area contributed by atoms with Crippen LogP contribution >= 0.6 is 0 Å². The number of hydrogen-bond donors (Lipinski definition) is 0. The first-order chi connectivity index (χ1) is 37.4. The molecule has 0 heterocycles. The second-order valence-corrected chi connectivity index (χ2v) is 26.4. The minimum absolute atomic E-state index is 0.126. The third-order valence-electron chi connectivity index (χ3n) is 18.7. The van der Waals surface area contributed by atoms with Crippen molar-refractivity contribution in [2.75, 3.05) is 4.90 Å². The van der Waals surface area contributed by atoms with Crippen molar-refractivity contribution in [3.05, 3.63) is 268 Å². The molecule has 0 aliphatic heterocycles. The topological polar surface area (TPSA) is 3.24 Å². The third-order valence-corrected chi connectivity index (χ3v) is 18.7. The molecule has 0 fully saturated rings. The van der Waals surface area contributed by atoms with Gasteiger partial charge in [0.2, 0.25) is 0 Å². The summed E-state index contributed by atoms with van der Waals surface area (Å²) in [6.45, 7) is 23.8. The fourth-order valence-corrected chi connectivity index (χ4v) is 14.9. The van der Waals surface area contributed by atoms with E-state index in [1.807, 2.05) is 0 Å². The minimum Gasteiger partial charge on any atom is -0.310 e. The van der Waals surface area contributed by atoms with Gasteiger partial charge >= 0.3 is 0 Å². The zero-order valence-corrected chi connectivity index (χ0v) is 47.0. The molecule has 14 rings (SSSR count). The lowest BCUT2D eigenvalue weighted by Gasteiger charge is -2.36. The molecule has 0 amide bonds. The van der Waals surface area contributed by atoms with Gasteiger partial charge in [-0.1, -0.05) is 239 Å². The first-order valence-electron chi connectivity index (χ1n) is 28.4. The van der Waals surface area contributed by atoms with Gasteiger partial charge in [-0.05, 0) is 189 Å². The summed E-state index contributed by atoms with van der Waals surface area (Å²) in [6, 6.07) is 84.1. The molecule has 382 valence electrons. The standard InChI is InChI=1S/C77H69N/c1-73(2,3)47-72(74(4,5)6)50-29-27-48(28-30-50)51-33-39-62-58-21-13-17-25-66(58)77(70(62)43-51)67-26-18-14-22-59(67)63-40-34-52(44-71(63)77)49-31-35-53(36-32-49)78(54-37-41-60-56-19-11-15-23-64(56)75(7,8)68(60)45-54)55-38-42-61-57-20-12-16-24-65(57)76(9,10)69(61)46-55/h11-46,72H,47H2,1-10H3. The fourth-order valence-electron chi connectivity index (χ4n) is 14.9. The maximum Gasteiger partial charge on any atom is 0.0725 e. The molecule has 1 spiro atoms. The van der Waals surface area contributed by atoms with Crippen LogP contribution in [0.5, 0.6) is 0 Å². The largest absolute Gasteiger partial charge is 0.310 e. The van der Waals surface area contributed by atoms with Crippen molar-refractivity contribution in [2.45, 2.75) is 97.8 Å². The van der Waals surface area contributed by atoms with Crippen LogP contribution in [-0.2, 0) is 16.2 Å². The summed E-state index contributed by atoms with van der Waals surface area (Å²) in [5.41, 5.74) is 31.0. The Morgan fingerprint density at radius 3 is 1.08 bits per heavy atom. The predicted octanol–water partition coefficient (Wildman–Crippen LogP) is 21.0. The van der Waals surface area contributed by atoms with E-state index in [0.717, 1.165) is 23.5 Å². The van der Waals surface area contributed by atoms with Gasteiger partial charge in [0.05, 0.1) is 5.41 Å². The summed E-state index contributed by atoms with van der Waals surface area (Å²) in [6.07, 6.45) is 1.15. The zero-order chi connectivity index (χ0) is 53.7. The maximum absolute atomic E-state index is 2.53. The molecule has 1 nitrogen and oxygen atoms in total. The number of fused-ring (bicyclic) bond motifs is 16. The molecular formula is C77H69N. The Bertz CT molecular complexity index is 3950. The predicted molar refractivity (Wildman–Crippen MR) is 330 cm³/mol. The molecule has 0 radical (unpaired) electrons. The van der Waals surface area contributed by atoms with Crippen LogP contribution < -0.4 is 4.90 Å². The van der Waals surface area contributed by atoms with Gasteiger partial charge in [-0.3, -0.25) is 0 Å². The highest BCUT2D eigenvalue weighted by Gasteiger charge is 2.52. The SMILES string of the molecule is CC(C)(C)CC(c1ccc(-c2ccc3c(c2)C2(c4ccccc4-3)c3ccccc3-c3ccc(-c4ccc(N(c5ccc6c(c5)C(C)(C)c5ccccc5-6)c5ccc6c(c5)C(C)(C)c5ccccc5-6)cc4)cc32)cc1)C(C)(C)C. The van der Waals surface area contributed by atoms with Gasteiger partial charge in [-0.2, -0.15) is 0 Å². The fraction of sp³-hybridized carbons (Fsp3) is 0.221. The van der Waals surface area contributed by atoms with E-state index in [9.17, 15) is 0 Å². The van der Waals surface area contributed by atoms with Gasteiger partial charge in [-0.15, -0.1) is 0 Å². The highest BCUT2D eigenvalue weighted by atomic mass is 15.1. The smallest absolute Gasteiger partial charge is 0.0725 e. The molecule has 10 aromatic carbocycles. The Hall–Kier alpha value is -8.00. The second kappa shape index (κ2) is 17.0. The Labute approximate surface area is 463 Å². The van der Waals surface area contributed by atoms with E-state index in [0.29, 0.717) is 5.92 Å². The average molecular weight is 1010 g/mol. The van der Waals surface area contributed by atoms with E-state index in [4.69, 9.17) is 0 Å². The molecule has 0 saturated carbocycles. The van der Waals surface area contributed by atoms with E-state index < -0.39 is 5.41 Å². The van der Waals surface area contributed by atoms with E-state index in [-0.39, 0.29) is 21.7 Å². The number of benzene rings is 10. The van der Waals surface area contributed by atoms with Crippen LogP contribution in [0, 0.1) is 10.8 Å². The van der Waals surface area contributed by atoms with Crippen LogP contribution in [0.1, 0.15) is 132 Å². The van der Waals surface area contributed by atoms with Gasteiger partial charge in [-0.25, -0.2) is 0 Å². The lowest BCUT2D eigenvalue weighted by molar-refractivity contribution is 0.229. The summed E-state index contributed by atoms with van der Waals surface area (Å²) >= 11 is 0. The number of anilines is 3. The molecule has 0 saturated heterocycles. The molecule has 0 N–H and O–H groups in total. The normalized spacial score (nSPS) is 16.8. The van der Waals surface area contributed by atoms with Crippen molar-refractivity contribution in [3.8, 4) is 66.8 Å². The molecule has 4 aliphatic rings. The Kier molecular flexibility index (Phi) is 10.5. The molecule has 2 unspecified atom stereocenters. The van der Waals surface area contributed by atoms with E-state index in [2.05, 4.69) is 293 Å². The summed E-state index contributed by atoms with van der Waals surface area (Å²) in [5, 5.41) is 0. The molecular weight excluding hydrogens is 939 g/mol. The number of hydrogen-bond acceptors (Lipinski definition) is 1. The van der Waals surface area contributed by atoms with Crippen molar-refractivity contribution < 1.29 is 0 Å². The van der Waals surface area contributed by atoms with E-state index >= 15 is 0 Å². The van der Waals surface area contributed by atoms with Crippen LogP contribution in [0.2, 0.25) is 0 Å². The second-order valence-electron chi connectivity index (χ2n) is 26.4. The lowest BCUT2D eigenvalue weighted by Crippen LogP contribution is -2.26. The van der Waals surface area contributed by atoms with Crippen LogP contribution in [0.25, 0.3) is 66.8 Å². The summed E-state index contributed by atoms with van der Waals surface area (Å²) in [7, 11) is 0. The Morgan fingerprint density at radius 2 is 0.654 bits per heavy atom. The summed E-state index contributed by atoms with van der Waals surface area (Å²) in [4.78, 5) is 2.49.